The molecule has 0 aliphatic heterocycles. The molecule has 4 aromatic rings. The fraction of sp³-hybridized carbons (Fsp3) is 0.257. The quantitative estimate of drug-likeness (QED) is 0.165. The van der Waals surface area contributed by atoms with Crippen LogP contribution in [-0.4, -0.2) is 50.5 Å². The van der Waals surface area contributed by atoms with Gasteiger partial charge in [0.1, 0.15) is 24.1 Å². The highest BCUT2D eigenvalue weighted by atomic mass is 79.9. The lowest BCUT2D eigenvalue weighted by molar-refractivity contribution is -0.140. The molecule has 1 N–H and O–H groups in total. The fourth-order valence-corrected chi connectivity index (χ4v) is 6.02. The van der Waals surface area contributed by atoms with Crippen LogP contribution < -0.4 is 14.4 Å². The Morgan fingerprint density at radius 3 is 2.02 bits per heavy atom. The van der Waals surface area contributed by atoms with Gasteiger partial charge in [0.25, 0.3) is 0 Å². The Bertz CT molecular complexity index is 1670. The first-order valence-corrected chi connectivity index (χ1v) is 17.3. The molecule has 0 saturated carbocycles. The number of hydrogen-bond acceptors (Lipinski definition) is 5. The van der Waals surface area contributed by atoms with E-state index in [-0.39, 0.29) is 24.8 Å². The van der Waals surface area contributed by atoms with Crippen molar-refractivity contribution in [3.63, 3.8) is 0 Å². The van der Waals surface area contributed by atoms with Crippen LogP contribution in [0.4, 0.5) is 5.69 Å². The van der Waals surface area contributed by atoms with Crippen molar-refractivity contribution in [1.29, 1.82) is 0 Å². The Morgan fingerprint density at radius 2 is 1.42 bits per heavy atom. The van der Waals surface area contributed by atoms with Crippen molar-refractivity contribution < 1.29 is 22.7 Å². The number of amides is 2. The van der Waals surface area contributed by atoms with E-state index in [4.69, 9.17) is 4.74 Å². The van der Waals surface area contributed by atoms with Crippen LogP contribution in [0, 0.1) is 5.92 Å². The lowest BCUT2D eigenvalue weighted by atomic mass is 10.0. The van der Waals surface area contributed by atoms with E-state index in [9.17, 15) is 18.0 Å². The third kappa shape index (κ3) is 10.2. The number of nitrogens with zero attached hydrogens (tertiary/aromatic N) is 2. The lowest BCUT2D eigenvalue weighted by Gasteiger charge is -2.33. The Kier molecular flexibility index (Phi) is 11.8. The summed E-state index contributed by atoms with van der Waals surface area (Å²) in [5.41, 5.74) is 1.97. The summed E-state index contributed by atoms with van der Waals surface area (Å²) in [4.78, 5) is 29.5. The molecule has 8 nitrogen and oxygen atoms in total. The summed E-state index contributed by atoms with van der Waals surface area (Å²) < 4.78 is 33.9. The highest BCUT2D eigenvalue weighted by molar-refractivity contribution is 9.10. The standard InChI is InChI=1S/C35H38BrN3O5S/c1-26(2)23-37-35(41)33(22-27-11-6-4-7-12-27)38(24-28-13-10-14-29(36)21-28)34(40)25-39(45(3,42)43)30-17-19-32(20-18-30)44-31-15-8-5-9-16-31/h4-21,26,33H,22-25H2,1-3H3,(H,37,41). The summed E-state index contributed by atoms with van der Waals surface area (Å²) in [5.74, 6) is 0.555. The van der Waals surface area contributed by atoms with E-state index >= 15 is 0 Å². The molecule has 0 aliphatic rings. The van der Waals surface area contributed by atoms with E-state index < -0.39 is 28.5 Å². The number of anilines is 1. The van der Waals surface area contributed by atoms with Crippen LogP contribution in [0.25, 0.3) is 0 Å². The van der Waals surface area contributed by atoms with E-state index in [1.54, 1.807) is 24.3 Å². The van der Waals surface area contributed by atoms with Crippen molar-refractivity contribution in [2.75, 3.05) is 23.7 Å². The van der Waals surface area contributed by atoms with Gasteiger partial charge < -0.3 is 15.0 Å². The Hall–Kier alpha value is -4.15. The Balaban J connectivity index is 1.67. The lowest BCUT2D eigenvalue weighted by Crippen LogP contribution is -2.53. The third-order valence-electron chi connectivity index (χ3n) is 6.98. The van der Waals surface area contributed by atoms with E-state index in [0.29, 0.717) is 23.7 Å². The number of halogens is 1. The average molecular weight is 693 g/mol. The normalized spacial score (nSPS) is 11.9. The van der Waals surface area contributed by atoms with Gasteiger partial charge in [-0.25, -0.2) is 8.42 Å². The van der Waals surface area contributed by atoms with Crippen LogP contribution in [0.2, 0.25) is 0 Å². The number of carbonyl (C=O) groups excluding carboxylic acids is 2. The first-order chi connectivity index (χ1) is 21.5. The largest absolute Gasteiger partial charge is 0.457 e. The second-order valence-corrected chi connectivity index (χ2v) is 14.0. The molecule has 0 aliphatic carbocycles. The molecule has 1 unspecified atom stereocenters. The molecule has 0 fully saturated rings. The number of carbonyl (C=O) groups is 2. The topological polar surface area (TPSA) is 96.0 Å². The molecule has 0 spiro atoms. The van der Waals surface area contributed by atoms with Crippen molar-refractivity contribution >= 4 is 43.5 Å². The zero-order chi connectivity index (χ0) is 32.4. The van der Waals surface area contributed by atoms with Crippen LogP contribution in [0.1, 0.15) is 25.0 Å². The zero-order valence-electron chi connectivity index (χ0n) is 25.6. The summed E-state index contributed by atoms with van der Waals surface area (Å²) in [6.45, 7) is 4.05. The van der Waals surface area contributed by atoms with Crippen LogP contribution in [-0.2, 0) is 32.6 Å². The molecule has 0 saturated heterocycles. The molecule has 10 heteroatoms. The van der Waals surface area contributed by atoms with Crippen molar-refractivity contribution in [2.45, 2.75) is 32.9 Å². The minimum atomic E-state index is -3.89. The number of ether oxygens (including phenoxy) is 1. The Morgan fingerprint density at radius 1 is 0.822 bits per heavy atom. The maximum absolute atomic E-state index is 14.2. The monoisotopic (exact) mass is 691 g/mol. The highest BCUT2D eigenvalue weighted by Gasteiger charge is 2.33. The molecule has 0 heterocycles. The molecule has 0 bridgehead atoms. The minimum absolute atomic E-state index is 0.103. The van der Waals surface area contributed by atoms with Crippen molar-refractivity contribution in [2.24, 2.45) is 5.92 Å². The molecule has 0 radical (unpaired) electrons. The number of rotatable bonds is 14. The SMILES string of the molecule is CC(C)CNC(=O)C(Cc1ccccc1)N(Cc1cccc(Br)c1)C(=O)CN(c1ccc(Oc2ccccc2)cc1)S(C)(=O)=O. The van der Waals surface area contributed by atoms with Gasteiger partial charge in [-0.2, -0.15) is 0 Å². The van der Waals surface area contributed by atoms with Gasteiger partial charge in [-0.3, -0.25) is 13.9 Å². The third-order valence-corrected chi connectivity index (χ3v) is 8.61. The van der Waals surface area contributed by atoms with Gasteiger partial charge in [0, 0.05) is 24.0 Å². The smallest absolute Gasteiger partial charge is 0.244 e. The van der Waals surface area contributed by atoms with E-state index in [2.05, 4.69) is 21.2 Å². The van der Waals surface area contributed by atoms with Crippen LogP contribution in [0.15, 0.2) is 114 Å². The predicted molar refractivity (Wildman–Crippen MR) is 182 cm³/mol. The molecular formula is C35H38BrN3O5S. The summed E-state index contributed by atoms with van der Waals surface area (Å²) in [5, 5.41) is 2.99. The summed E-state index contributed by atoms with van der Waals surface area (Å²) in [6, 6.07) is 31.8. The predicted octanol–water partition coefficient (Wildman–Crippen LogP) is 6.42. The second-order valence-electron chi connectivity index (χ2n) is 11.2. The average Bonchev–Trinajstić information content (AvgIpc) is 3.01. The number of para-hydroxylation sites is 1. The van der Waals surface area contributed by atoms with Crippen LogP contribution in [0.3, 0.4) is 0 Å². The van der Waals surface area contributed by atoms with Gasteiger partial charge in [-0.15, -0.1) is 0 Å². The molecule has 1 atom stereocenters. The zero-order valence-corrected chi connectivity index (χ0v) is 28.0. The maximum atomic E-state index is 14.2. The van der Waals surface area contributed by atoms with Crippen molar-refractivity contribution in [3.8, 4) is 11.5 Å². The van der Waals surface area contributed by atoms with Gasteiger partial charge in [0.15, 0.2) is 0 Å². The van der Waals surface area contributed by atoms with E-state index in [0.717, 1.165) is 26.2 Å². The molecule has 45 heavy (non-hydrogen) atoms. The maximum Gasteiger partial charge on any atom is 0.244 e. The molecule has 2 amide bonds. The van der Waals surface area contributed by atoms with Gasteiger partial charge in [0.2, 0.25) is 21.8 Å². The number of benzene rings is 4. The number of sulfonamides is 1. The van der Waals surface area contributed by atoms with Gasteiger partial charge in [-0.05, 0) is 65.6 Å². The van der Waals surface area contributed by atoms with Gasteiger partial charge >= 0.3 is 0 Å². The Labute approximate surface area is 274 Å². The highest BCUT2D eigenvalue weighted by Crippen LogP contribution is 2.26. The first kappa shape index (κ1) is 33.7. The van der Waals surface area contributed by atoms with E-state index in [1.165, 1.54) is 4.90 Å². The molecule has 236 valence electrons. The minimum Gasteiger partial charge on any atom is -0.457 e. The molecule has 0 aromatic heterocycles. The van der Waals surface area contributed by atoms with Gasteiger partial charge in [0.05, 0.1) is 11.9 Å². The molecule has 4 rings (SSSR count). The molecule has 4 aromatic carbocycles. The second kappa shape index (κ2) is 15.7. The summed E-state index contributed by atoms with van der Waals surface area (Å²) in [7, 11) is -3.89. The summed E-state index contributed by atoms with van der Waals surface area (Å²) in [6.07, 6.45) is 1.32. The van der Waals surface area contributed by atoms with E-state index in [1.807, 2.05) is 98.8 Å². The van der Waals surface area contributed by atoms with Crippen LogP contribution in [0.5, 0.6) is 11.5 Å². The van der Waals surface area contributed by atoms with Crippen molar-refractivity contribution in [3.05, 3.63) is 125 Å². The number of nitrogens with one attached hydrogen (secondary N) is 1. The fourth-order valence-electron chi connectivity index (χ4n) is 4.73. The van der Waals surface area contributed by atoms with Crippen LogP contribution >= 0.6 is 15.9 Å². The van der Waals surface area contributed by atoms with Crippen molar-refractivity contribution in [1.82, 2.24) is 10.2 Å². The first-order valence-electron chi connectivity index (χ1n) is 14.7. The number of hydrogen-bond donors (Lipinski definition) is 1. The summed E-state index contributed by atoms with van der Waals surface area (Å²) >= 11 is 3.49. The van der Waals surface area contributed by atoms with Gasteiger partial charge in [-0.1, -0.05) is 90.4 Å². The molecular weight excluding hydrogens is 654 g/mol.